The summed E-state index contributed by atoms with van der Waals surface area (Å²) in [5.41, 5.74) is 0.806. The fourth-order valence-electron chi connectivity index (χ4n) is 4.28. The Balaban J connectivity index is 2.17. The second kappa shape index (κ2) is 10.1. The molecule has 4 atom stereocenters. The van der Waals surface area contributed by atoms with E-state index in [-0.39, 0.29) is 36.2 Å². The largest absolute Gasteiger partial charge is 0.463 e. The first kappa shape index (κ1) is 25.7. The number of carbonyl (C=O) groups excluding carboxylic acids is 3. The van der Waals surface area contributed by atoms with Crippen LogP contribution < -0.4 is 5.73 Å². The molecule has 3 heterocycles. The van der Waals surface area contributed by atoms with E-state index in [1.807, 2.05) is 0 Å². The standard InChI is InChI=1S/C22H31N5O7/c1-4-7-13(28)21(31)15(10-33-16(30)9-6-3)34-20(22(21,32)14(29)8-5-2)27-12-26-17-18(23)24-11-25-19(17)27/h11-12,15,20,31-32H,4-10H2,1-3H3,(H2,23,24,25)/t15-,20-,21-,22+/m1/s1. The summed E-state index contributed by atoms with van der Waals surface area (Å²) in [6.45, 7) is 4.71. The van der Waals surface area contributed by atoms with Gasteiger partial charge in [0.15, 0.2) is 34.9 Å². The number of aliphatic hydroxyl groups is 2. The van der Waals surface area contributed by atoms with Gasteiger partial charge in [0.25, 0.3) is 0 Å². The topological polar surface area (TPSA) is 180 Å². The zero-order chi connectivity index (χ0) is 25.1. The molecule has 1 fully saturated rings. The highest BCUT2D eigenvalue weighted by Gasteiger charge is 2.73. The van der Waals surface area contributed by atoms with Gasteiger partial charge in [-0.1, -0.05) is 20.8 Å². The van der Waals surface area contributed by atoms with Crippen molar-refractivity contribution in [2.24, 2.45) is 0 Å². The molecule has 4 N–H and O–H groups in total. The summed E-state index contributed by atoms with van der Waals surface area (Å²) in [6, 6.07) is 0. The molecular formula is C22H31N5O7. The van der Waals surface area contributed by atoms with Crippen LogP contribution in [0.1, 0.15) is 65.5 Å². The molecule has 1 saturated heterocycles. The van der Waals surface area contributed by atoms with E-state index in [4.69, 9.17) is 15.2 Å². The van der Waals surface area contributed by atoms with E-state index in [9.17, 15) is 24.6 Å². The molecule has 0 aliphatic carbocycles. The molecule has 0 saturated carbocycles. The van der Waals surface area contributed by atoms with Gasteiger partial charge >= 0.3 is 5.97 Å². The molecule has 2 aromatic heterocycles. The lowest BCUT2D eigenvalue weighted by Gasteiger charge is -2.38. The first-order valence-electron chi connectivity index (χ1n) is 11.4. The van der Waals surface area contributed by atoms with Crippen LogP contribution in [0.2, 0.25) is 0 Å². The predicted molar refractivity (Wildman–Crippen MR) is 119 cm³/mol. The number of ether oxygens (including phenoxy) is 2. The molecular weight excluding hydrogens is 446 g/mol. The van der Waals surface area contributed by atoms with Gasteiger partial charge in [-0.2, -0.15) is 0 Å². The lowest BCUT2D eigenvalue weighted by molar-refractivity contribution is -0.185. The number of carbonyl (C=O) groups is 3. The number of ketones is 2. The number of esters is 1. The molecule has 0 bridgehead atoms. The van der Waals surface area contributed by atoms with Crippen LogP contribution in [0.4, 0.5) is 5.82 Å². The minimum Gasteiger partial charge on any atom is -0.463 e. The van der Waals surface area contributed by atoms with Crippen molar-refractivity contribution in [3.05, 3.63) is 12.7 Å². The number of imidazole rings is 1. The van der Waals surface area contributed by atoms with Crippen molar-refractivity contribution in [1.82, 2.24) is 19.5 Å². The highest BCUT2D eigenvalue weighted by atomic mass is 16.6. The highest BCUT2D eigenvalue weighted by molar-refractivity contribution is 6.01. The minimum absolute atomic E-state index is 0.0625. The SMILES string of the molecule is CCCC(=O)OC[C@H]1O[C@@H](n2cnc3c(N)ncnc32)[C@@](O)(C(=O)CCC)[C@@]1(O)C(=O)CCC. The van der Waals surface area contributed by atoms with Crippen molar-refractivity contribution < 1.29 is 34.1 Å². The number of fused-ring (bicyclic) bond motifs is 1. The maximum atomic E-state index is 13.3. The average molecular weight is 478 g/mol. The molecule has 0 amide bonds. The summed E-state index contributed by atoms with van der Waals surface area (Å²) >= 11 is 0. The summed E-state index contributed by atoms with van der Waals surface area (Å²) in [5, 5.41) is 23.7. The Kier molecular flexibility index (Phi) is 7.64. The van der Waals surface area contributed by atoms with Gasteiger partial charge in [-0.3, -0.25) is 19.0 Å². The lowest BCUT2D eigenvalue weighted by atomic mass is 9.72. The second-order valence-corrected chi connectivity index (χ2v) is 8.37. The van der Waals surface area contributed by atoms with Gasteiger partial charge in [-0.25, -0.2) is 15.0 Å². The second-order valence-electron chi connectivity index (χ2n) is 8.37. The number of anilines is 1. The zero-order valence-electron chi connectivity index (χ0n) is 19.6. The Bertz CT molecular complexity index is 1070. The minimum atomic E-state index is -2.70. The normalized spacial score (nSPS) is 26.6. The van der Waals surface area contributed by atoms with Gasteiger partial charge in [0.1, 0.15) is 24.6 Å². The number of nitrogens with zero attached hydrogens (tertiary/aromatic N) is 4. The van der Waals surface area contributed by atoms with Crippen LogP contribution in [0.25, 0.3) is 11.2 Å². The molecule has 0 aromatic carbocycles. The first-order valence-corrected chi connectivity index (χ1v) is 11.4. The molecule has 0 spiro atoms. The van der Waals surface area contributed by atoms with Crippen LogP contribution in [-0.4, -0.2) is 71.2 Å². The fraction of sp³-hybridized carbons (Fsp3) is 0.636. The van der Waals surface area contributed by atoms with Gasteiger partial charge in [0.05, 0.1) is 6.33 Å². The van der Waals surface area contributed by atoms with Crippen LogP contribution in [0.5, 0.6) is 0 Å². The van der Waals surface area contributed by atoms with E-state index >= 15 is 0 Å². The summed E-state index contributed by atoms with van der Waals surface area (Å²) in [4.78, 5) is 50.7. The molecule has 3 rings (SSSR count). The first-order chi connectivity index (χ1) is 16.2. The zero-order valence-corrected chi connectivity index (χ0v) is 19.6. The third-order valence-electron chi connectivity index (χ3n) is 5.99. The molecule has 1 aliphatic heterocycles. The van der Waals surface area contributed by atoms with E-state index in [0.717, 1.165) is 0 Å². The van der Waals surface area contributed by atoms with Crippen LogP contribution in [-0.2, 0) is 23.9 Å². The number of rotatable bonds is 11. The fourth-order valence-corrected chi connectivity index (χ4v) is 4.28. The molecule has 186 valence electrons. The monoisotopic (exact) mass is 477 g/mol. The smallest absolute Gasteiger partial charge is 0.305 e. The number of nitrogen functional groups attached to an aromatic ring is 1. The molecule has 0 radical (unpaired) electrons. The molecule has 0 unspecified atom stereocenters. The van der Waals surface area contributed by atoms with E-state index in [0.29, 0.717) is 19.3 Å². The highest BCUT2D eigenvalue weighted by Crippen LogP contribution is 2.49. The molecule has 2 aromatic rings. The molecule has 12 nitrogen and oxygen atoms in total. The third-order valence-corrected chi connectivity index (χ3v) is 5.99. The van der Waals surface area contributed by atoms with Gasteiger partial charge in [0, 0.05) is 19.3 Å². The van der Waals surface area contributed by atoms with Crippen LogP contribution in [0.3, 0.4) is 0 Å². The summed E-state index contributed by atoms with van der Waals surface area (Å²) in [6.07, 6.45) is 0.401. The van der Waals surface area contributed by atoms with Crippen LogP contribution >= 0.6 is 0 Å². The van der Waals surface area contributed by atoms with Gasteiger partial charge in [-0.05, 0) is 19.3 Å². The van der Waals surface area contributed by atoms with Crippen molar-refractivity contribution in [2.75, 3.05) is 12.3 Å². The number of hydrogen-bond donors (Lipinski definition) is 3. The van der Waals surface area contributed by atoms with Gasteiger partial charge in [-0.15, -0.1) is 0 Å². The maximum Gasteiger partial charge on any atom is 0.305 e. The number of aromatic nitrogens is 4. The molecule has 1 aliphatic rings. The van der Waals surface area contributed by atoms with Crippen molar-refractivity contribution in [1.29, 1.82) is 0 Å². The summed E-state index contributed by atoms with van der Waals surface area (Å²) in [5.74, 6) is -2.08. The van der Waals surface area contributed by atoms with Crippen LogP contribution in [0, 0.1) is 0 Å². The Hall–Kier alpha value is -2.96. The van der Waals surface area contributed by atoms with Crippen molar-refractivity contribution in [3.8, 4) is 0 Å². The number of nitrogens with two attached hydrogens (primary N) is 1. The van der Waals surface area contributed by atoms with Crippen molar-refractivity contribution >= 4 is 34.5 Å². The Morgan fingerprint density at radius 3 is 2.26 bits per heavy atom. The Morgan fingerprint density at radius 1 is 1.03 bits per heavy atom. The van der Waals surface area contributed by atoms with E-state index < -0.39 is 47.7 Å². The van der Waals surface area contributed by atoms with Crippen molar-refractivity contribution in [2.45, 2.75) is 82.8 Å². The van der Waals surface area contributed by atoms with E-state index in [1.165, 1.54) is 17.2 Å². The van der Waals surface area contributed by atoms with Gasteiger partial charge < -0.3 is 25.4 Å². The number of Topliss-reactive ketones (excluding diaryl/α,β-unsaturated/α-hetero) is 2. The summed E-state index contributed by atoms with van der Waals surface area (Å²) < 4.78 is 12.4. The Labute approximate surface area is 196 Å². The summed E-state index contributed by atoms with van der Waals surface area (Å²) in [7, 11) is 0. The molecule has 12 heteroatoms. The van der Waals surface area contributed by atoms with E-state index in [1.54, 1.807) is 20.8 Å². The average Bonchev–Trinajstić information content (AvgIpc) is 3.32. The molecule has 34 heavy (non-hydrogen) atoms. The third kappa shape index (κ3) is 4.05. The van der Waals surface area contributed by atoms with Crippen LogP contribution in [0.15, 0.2) is 12.7 Å². The lowest BCUT2D eigenvalue weighted by Crippen LogP contribution is -2.67. The Morgan fingerprint density at radius 2 is 1.65 bits per heavy atom. The predicted octanol–water partition coefficient (Wildman–Crippen LogP) is 0.850. The maximum absolute atomic E-state index is 13.3. The number of hydrogen-bond acceptors (Lipinski definition) is 11. The van der Waals surface area contributed by atoms with Crippen molar-refractivity contribution in [3.63, 3.8) is 0 Å². The quantitative estimate of drug-likeness (QED) is 0.390. The van der Waals surface area contributed by atoms with Gasteiger partial charge in [0.2, 0.25) is 5.60 Å². The van der Waals surface area contributed by atoms with E-state index in [2.05, 4.69) is 15.0 Å².